The van der Waals surface area contributed by atoms with Crippen LogP contribution in [0.2, 0.25) is 0 Å². The third-order valence-electron chi connectivity index (χ3n) is 7.03. The van der Waals surface area contributed by atoms with Crippen LogP contribution in [-0.4, -0.2) is 63.4 Å². The summed E-state index contributed by atoms with van der Waals surface area (Å²) in [6.07, 6.45) is 5.51. The molecule has 4 aromatic rings. The first kappa shape index (κ1) is 29.0. The lowest BCUT2D eigenvalue weighted by Crippen LogP contribution is -2.52. The van der Waals surface area contributed by atoms with Gasteiger partial charge in [-0.15, -0.1) is 0 Å². The first-order valence-corrected chi connectivity index (χ1v) is 13.2. The monoisotopic (exact) mass is 580 g/mol. The summed E-state index contributed by atoms with van der Waals surface area (Å²) >= 11 is 0. The van der Waals surface area contributed by atoms with Gasteiger partial charge in [0.05, 0.1) is 12.2 Å². The SMILES string of the molecule is O=C(/C=C/c1ccc(F)cc1)Nc1ccc(N2CCN(CC(O)(Cn3cncn3)c3ccc(F)cc3F)CC2)c(F)c1. The summed E-state index contributed by atoms with van der Waals surface area (Å²) in [6.45, 7) is 1.66. The Morgan fingerprint density at radius 1 is 0.905 bits per heavy atom. The molecular weight excluding hydrogens is 552 g/mol. The van der Waals surface area contributed by atoms with Crippen LogP contribution < -0.4 is 10.2 Å². The number of nitrogens with zero attached hydrogens (tertiary/aromatic N) is 5. The van der Waals surface area contributed by atoms with E-state index in [0.29, 0.717) is 37.4 Å². The number of halogens is 4. The zero-order chi connectivity index (χ0) is 29.7. The summed E-state index contributed by atoms with van der Waals surface area (Å²) in [6, 6.07) is 13.1. The number of hydrogen-bond acceptors (Lipinski definition) is 6. The predicted molar refractivity (Wildman–Crippen MR) is 149 cm³/mol. The molecule has 12 heteroatoms. The van der Waals surface area contributed by atoms with E-state index in [1.54, 1.807) is 12.1 Å². The van der Waals surface area contributed by atoms with Crippen LogP contribution in [0, 0.1) is 23.3 Å². The normalized spacial score (nSPS) is 15.6. The zero-order valence-corrected chi connectivity index (χ0v) is 22.4. The second kappa shape index (κ2) is 12.5. The Hall–Kier alpha value is -4.55. The Bertz CT molecular complexity index is 1560. The molecule has 1 aliphatic rings. The molecule has 0 radical (unpaired) electrons. The van der Waals surface area contributed by atoms with E-state index in [0.717, 1.165) is 12.1 Å². The maximum Gasteiger partial charge on any atom is 0.248 e. The van der Waals surface area contributed by atoms with E-state index in [1.807, 2.05) is 9.80 Å². The number of anilines is 2. The van der Waals surface area contributed by atoms with Gasteiger partial charge in [-0.25, -0.2) is 27.2 Å². The van der Waals surface area contributed by atoms with Gasteiger partial charge in [0.2, 0.25) is 5.91 Å². The van der Waals surface area contributed by atoms with Gasteiger partial charge in [-0.05, 0) is 48.0 Å². The topological polar surface area (TPSA) is 86.5 Å². The lowest BCUT2D eigenvalue weighted by Gasteiger charge is -2.40. The van der Waals surface area contributed by atoms with Crippen molar-refractivity contribution in [3.63, 3.8) is 0 Å². The highest BCUT2D eigenvalue weighted by Crippen LogP contribution is 2.29. The summed E-state index contributed by atoms with van der Waals surface area (Å²) in [5.41, 5.74) is -0.505. The predicted octanol–water partition coefficient (Wildman–Crippen LogP) is 4.20. The standard InChI is InChI=1S/C30H28F4N6O2/c31-22-4-1-21(2-5-22)3-10-29(41)37-24-7-9-28(27(34)16-24)39-13-11-38(12-14-39)17-30(42,18-40-20-35-19-36-40)25-8-6-23(32)15-26(25)33/h1-10,15-16,19-20,42H,11-14,17-18H2,(H,37,41)/b10-3+. The largest absolute Gasteiger partial charge is 0.382 e. The van der Waals surface area contributed by atoms with Crippen molar-refractivity contribution >= 4 is 23.4 Å². The molecule has 0 bridgehead atoms. The maximum absolute atomic E-state index is 15.1. The van der Waals surface area contributed by atoms with Gasteiger partial charge >= 0.3 is 0 Å². The summed E-state index contributed by atoms with van der Waals surface area (Å²) in [4.78, 5) is 19.9. The van der Waals surface area contributed by atoms with Gasteiger partial charge in [0.15, 0.2) is 0 Å². The van der Waals surface area contributed by atoms with Gasteiger partial charge in [-0.2, -0.15) is 5.10 Å². The maximum atomic E-state index is 15.1. The molecule has 5 rings (SSSR count). The molecule has 1 aromatic heterocycles. The molecule has 218 valence electrons. The van der Waals surface area contributed by atoms with Crippen LogP contribution in [0.25, 0.3) is 6.08 Å². The average Bonchev–Trinajstić information content (AvgIpc) is 3.46. The van der Waals surface area contributed by atoms with Crippen LogP contribution in [0.5, 0.6) is 0 Å². The van der Waals surface area contributed by atoms with E-state index in [2.05, 4.69) is 15.4 Å². The summed E-state index contributed by atoms with van der Waals surface area (Å²) in [5, 5.41) is 18.2. The molecule has 0 aliphatic carbocycles. The van der Waals surface area contributed by atoms with Crippen LogP contribution in [-0.2, 0) is 16.9 Å². The van der Waals surface area contributed by atoms with E-state index in [4.69, 9.17) is 0 Å². The Balaban J connectivity index is 1.21. The first-order valence-electron chi connectivity index (χ1n) is 13.2. The fourth-order valence-corrected chi connectivity index (χ4v) is 4.96. The first-order chi connectivity index (χ1) is 20.2. The van der Waals surface area contributed by atoms with Crippen molar-refractivity contribution in [3.8, 4) is 0 Å². The van der Waals surface area contributed by atoms with Crippen LogP contribution in [0.1, 0.15) is 11.1 Å². The van der Waals surface area contributed by atoms with Crippen LogP contribution in [0.4, 0.5) is 28.9 Å². The third kappa shape index (κ3) is 7.01. The number of aromatic nitrogens is 3. The number of hydrogen-bond donors (Lipinski definition) is 2. The lowest BCUT2D eigenvalue weighted by atomic mass is 9.92. The molecule has 1 atom stereocenters. The highest BCUT2D eigenvalue weighted by molar-refractivity contribution is 6.02. The summed E-state index contributed by atoms with van der Waals surface area (Å²) in [5.74, 6) is -2.96. The van der Waals surface area contributed by atoms with Gasteiger partial charge in [-0.1, -0.05) is 18.2 Å². The van der Waals surface area contributed by atoms with E-state index in [1.165, 1.54) is 65.9 Å². The number of β-amino-alcohol motifs (C(OH)–C–C–N with tert-alkyl or cyclic N) is 1. The number of benzene rings is 3. The minimum absolute atomic E-state index is 0.0299. The van der Waals surface area contributed by atoms with Gasteiger partial charge in [-0.3, -0.25) is 9.69 Å². The molecule has 1 unspecified atom stereocenters. The molecular formula is C30H28F4N6O2. The molecule has 42 heavy (non-hydrogen) atoms. The highest BCUT2D eigenvalue weighted by Gasteiger charge is 2.36. The minimum Gasteiger partial charge on any atom is -0.382 e. The van der Waals surface area contributed by atoms with Crippen molar-refractivity contribution in [2.75, 3.05) is 42.9 Å². The van der Waals surface area contributed by atoms with E-state index in [-0.39, 0.29) is 30.2 Å². The molecule has 1 amide bonds. The molecule has 1 fully saturated rings. The summed E-state index contributed by atoms with van der Waals surface area (Å²) < 4.78 is 57.8. The number of carbonyl (C=O) groups is 1. The van der Waals surface area contributed by atoms with Crippen LogP contribution >= 0.6 is 0 Å². The number of carbonyl (C=O) groups excluding carboxylic acids is 1. The Morgan fingerprint density at radius 2 is 1.64 bits per heavy atom. The lowest BCUT2D eigenvalue weighted by molar-refractivity contribution is -0.111. The number of amides is 1. The Kier molecular flexibility index (Phi) is 8.64. The minimum atomic E-state index is -1.73. The van der Waals surface area contributed by atoms with E-state index in [9.17, 15) is 23.1 Å². The van der Waals surface area contributed by atoms with Gasteiger partial charge in [0.1, 0.15) is 41.5 Å². The van der Waals surface area contributed by atoms with E-state index < -0.39 is 29.0 Å². The van der Waals surface area contributed by atoms with Crippen LogP contribution in [0.3, 0.4) is 0 Å². The molecule has 3 aromatic carbocycles. The highest BCUT2D eigenvalue weighted by atomic mass is 19.1. The molecule has 0 saturated carbocycles. The molecule has 0 spiro atoms. The fraction of sp³-hybridized carbons (Fsp3) is 0.233. The number of nitrogens with one attached hydrogen (secondary N) is 1. The molecule has 1 saturated heterocycles. The number of aliphatic hydroxyl groups is 1. The van der Waals surface area contributed by atoms with Crippen molar-refractivity contribution in [2.45, 2.75) is 12.1 Å². The Morgan fingerprint density at radius 3 is 2.31 bits per heavy atom. The van der Waals surface area contributed by atoms with Gasteiger partial charge in [0, 0.05) is 56.1 Å². The van der Waals surface area contributed by atoms with Crippen LogP contribution in [0.15, 0.2) is 79.4 Å². The Labute approximate surface area is 239 Å². The molecule has 2 N–H and O–H groups in total. The van der Waals surface area contributed by atoms with Crippen molar-refractivity contribution in [1.29, 1.82) is 0 Å². The second-order valence-electron chi connectivity index (χ2n) is 10.1. The molecule has 2 heterocycles. The smallest absolute Gasteiger partial charge is 0.248 e. The van der Waals surface area contributed by atoms with Crippen molar-refractivity contribution in [3.05, 3.63) is 114 Å². The third-order valence-corrected chi connectivity index (χ3v) is 7.03. The van der Waals surface area contributed by atoms with Gasteiger partial charge in [0.25, 0.3) is 0 Å². The van der Waals surface area contributed by atoms with Gasteiger partial charge < -0.3 is 15.3 Å². The second-order valence-corrected chi connectivity index (χ2v) is 10.1. The molecule has 1 aliphatic heterocycles. The quantitative estimate of drug-likeness (QED) is 0.228. The number of piperazine rings is 1. The average molecular weight is 581 g/mol. The van der Waals surface area contributed by atoms with E-state index >= 15 is 4.39 Å². The number of rotatable bonds is 9. The fourth-order valence-electron chi connectivity index (χ4n) is 4.96. The summed E-state index contributed by atoms with van der Waals surface area (Å²) in [7, 11) is 0. The van der Waals surface area contributed by atoms with Crippen molar-refractivity contribution in [1.82, 2.24) is 19.7 Å². The molecule has 8 nitrogen and oxygen atoms in total. The zero-order valence-electron chi connectivity index (χ0n) is 22.4. The van der Waals surface area contributed by atoms with Crippen molar-refractivity contribution < 1.29 is 27.5 Å². The van der Waals surface area contributed by atoms with Crippen molar-refractivity contribution in [2.24, 2.45) is 0 Å².